The average molecular weight is 272 g/mol. The molecule has 1 amide bonds. The van der Waals surface area contributed by atoms with Crippen molar-refractivity contribution in [1.82, 2.24) is 4.90 Å². The smallest absolute Gasteiger partial charge is 0.309 e. The van der Waals surface area contributed by atoms with E-state index in [1.807, 2.05) is 24.3 Å². The molecule has 0 aliphatic carbocycles. The van der Waals surface area contributed by atoms with Crippen LogP contribution in [0.15, 0.2) is 24.3 Å². The van der Waals surface area contributed by atoms with Crippen LogP contribution >= 0.6 is 0 Å². The van der Waals surface area contributed by atoms with E-state index in [1.54, 1.807) is 0 Å². The third-order valence-corrected chi connectivity index (χ3v) is 5.11. The summed E-state index contributed by atoms with van der Waals surface area (Å²) in [6.45, 7) is 1.42. The second kappa shape index (κ2) is 3.82. The number of aliphatic carboxylic acids is 1. The Morgan fingerprint density at radius 3 is 3.00 bits per heavy atom. The molecule has 0 aromatic heterocycles. The highest BCUT2D eigenvalue weighted by Crippen LogP contribution is 2.52. The predicted octanol–water partition coefficient (Wildman–Crippen LogP) is 1.06. The van der Waals surface area contributed by atoms with Gasteiger partial charge in [-0.1, -0.05) is 18.2 Å². The number of carboxylic acid groups (broad SMARTS) is 1. The minimum atomic E-state index is -0.909. The predicted molar refractivity (Wildman–Crippen MR) is 72.5 cm³/mol. The Hall–Kier alpha value is -1.88. The lowest BCUT2D eigenvalue weighted by Gasteiger charge is -2.27. The standard InChI is InChI=1S/C15H16N2O3/c18-13(19)12-11-6-3-7-17(11)8-15(12)9-4-1-2-5-10(9)16-14(15)20/h1-2,4-5,11-12H,3,6-8H2,(H,16,20)(H,18,19)/t11-,12-,15-/m1/s1. The Morgan fingerprint density at radius 2 is 2.20 bits per heavy atom. The molecule has 3 aliphatic rings. The fourth-order valence-electron chi connectivity index (χ4n) is 4.35. The van der Waals surface area contributed by atoms with Crippen LogP contribution in [0.1, 0.15) is 18.4 Å². The number of para-hydroxylation sites is 1. The van der Waals surface area contributed by atoms with Gasteiger partial charge in [-0.05, 0) is 31.0 Å². The van der Waals surface area contributed by atoms with Gasteiger partial charge in [-0.15, -0.1) is 0 Å². The van der Waals surface area contributed by atoms with E-state index in [4.69, 9.17) is 0 Å². The SMILES string of the molecule is O=C(O)[C@H]1[C@H]2CCCN2C[C@]12C(=O)Nc1ccccc12. The molecule has 2 N–H and O–H groups in total. The molecule has 1 spiro atoms. The fourth-order valence-corrected chi connectivity index (χ4v) is 4.35. The summed E-state index contributed by atoms with van der Waals surface area (Å²) in [5, 5.41) is 12.6. The summed E-state index contributed by atoms with van der Waals surface area (Å²) in [7, 11) is 0. The fraction of sp³-hybridized carbons (Fsp3) is 0.467. The molecule has 4 rings (SSSR count). The van der Waals surface area contributed by atoms with Gasteiger partial charge in [-0.25, -0.2) is 0 Å². The maximum atomic E-state index is 12.6. The molecule has 2 fully saturated rings. The van der Waals surface area contributed by atoms with Gasteiger partial charge in [0.1, 0.15) is 5.41 Å². The minimum absolute atomic E-state index is 0.00981. The van der Waals surface area contributed by atoms with E-state index >= 15 is 0 Å². The van der Waals surface area contributed by atoms with Crippen LogP contribution in [0.3, 0.4) is 0 Å². The highest BCUT2D eigenvalue weighted by Gasteiger charge is 2.64. The largest absolute Gasteiger partial charge is 0.481 e. The normalized spacial score (nSPS) is 35.1. The Kier molecular flexibility index (Phi) is 2.27. The maximum Gasteiger partial charge on any atom is 0.309 e. The molecule has 20 heavy (non-hydrogen) atoms. The number of amides is 1. The summed E-state index contributed by atoms with van der Waals surface area (Å²) < 4.78 is 0. The van der Waals surface area contributed by atoms with Crippen molar-refractivity contribution in [3.05, 3.63) is 29.8 Å². The summed E-state index contributed by atoms with van der Waals surface area (Å²) >= 11 is 0. The first-order chi connectivity index (χ1) is 9.64. The van der Waals surface area contributed by atoms with Crippen LogP contribution in [0.25, 0.3) is 0 Å². The van der Waals surface area contributed by atoms with E-state index in [0.29, 0.717) is 6.54 Å². The van der Waals surface area contributed by atoms with Crippen molar-refractivity contribution in [3.63, 3.8) is 0 Å². The molecule has 0 saturated carbocycles. The zero-order valence-electron chi connectivity index (χ0n) is 11.0. The third-order valence-electron chi connectivity index (χ3n) is 5.11. The molecule has 1 aromatic rings. The van der Waals surface area contributed by atoms with Gasteiger partial charge in [-0.3, -0.25) is 14.5 Å². The van der Waals surface area contributed by atoms with Crippen molar-refractivity contribution in [2.24, 2.45) is 5.92 Å². The van der Waals surface area contributed by atoms with Gasteiger partial charge in [-0.2, -0.15) is 0 Å². The molecule has 5 nitrogen and oxygen atoms in total. The number of nitrogens with one attached hydrogen (secondary N) is 1. The van der Waals surface area contributed by atoms with Crippen LogP contribution in [0, 0.1) is 5.92 Å². The Bertz CT molecular complexity index is 615. The molecular weight excluding hydrogens is 256 g/mol. The number of carboxylic acids is 1. The molecule has 0 bridgehead atoms. The first-order valence-corrected chi connectivity index (χ1v) is 7.02. The zero-order chi connectivity index (χ0) is 13.9. The highest BCUT2D eigenvalue weighted by atomic mass is 16.4. The number of fused-ring (bicyclic) bond motifs is 3. The van der Waals surface area contributed by atoms with Crippen LogP contribution in [-0.2, 0) is 15.0 Å². The van der Waals surface area contributed by atoms with Gasteiger partial charge < -0.3 is 10.4 Å². The third kappa shape index (κ3) is 1.26. The number of anilines is 1. The van der Waals surface area contributed by atoms with E-state index in [1.165, 1.54) is 0 Å². The lowest BCUT2D eigenvalue weighted by molar-refractivity contribution is -0.146. The van der Waals surface area contributed by atoms with E-state index in [0.717, 1.165) is 30.6 Å². The first-order valence-electron chi connectivity index (χ1n) is 7.02. The van der Waals surface area contributed by atoms with Crippen LogP contribution in [-0.4, -0.2) is 41.0 Å². The number of carbonyl (C=O) groups excluding carboxylic acids is 1. The van der Waals surface area contributed by atoms with Crippen LogP contribution in [0.5, 0.6) is 0 Å². The molecule has 5 heteroatoms. The minimum Gasteiger partial charge on any atom is -0.481 e. The Balaban J connectivity index is 1.91. The molecule has 2 saturated heterocycles. The van der Waals surface area contributed by atoms with Gasteiger partial charge in [0.05, 0.1) is 5.92 Å². The van der Waals surface area contributed by atoms with Crippen molar-refractivity contribution in [1.29, 1.82) is 0 Å². The van der Waals surface area contributed by atoms with E-state index in [9.17, 15) is 14.7 Å². The number of nitrogens with zero attached hydrogens (tertiary/aromatic N) is 1. The van der Waals surface area contributed by atoms with Crippen LogP contribution in [0.2, 0.25) is 0 Å². The van der Waals surface area contributed by atoms with Gasteiger partial charge in [0.25, 0.3) is 0 Å². The second-order valence-corrected chi connectivity index (χ2v) is 5.97. The van der Waals surface area contributed by atoms with Gasteiger partial charge in [0.15, 0.2) is 0 Å². The highest BCUT2D eigenvalue weighted by molar-refractivity contribution is 6.09. The molecule has 3 heterocycles. The number of carbonyl (C=O) groups is 2. The lowest BCUT2D eigenvalue weighted by Crippen LogP contribution is -2.46. The Labute approximate surface area is 116 Å². The molecule has 1 aromatic carbocycles. The summed E-state index contributed by atoms with van der Waals surface area (Å²) in [6.07, 6.45) is 1.89. The van der Waals surface area contributed by atoms with Gasteiger partial charge in [0, 0.05) is 18.3 Å². The maximum absolute atomic E-state index is 12.6. The molecule has 0 radical (unpaired) electrons. The summed E-state index contributed by atoms with van der Waals surface area (Å²) in [5.41, 5.74) is 0.713. The number of rotatable bonds is 1. The number of hydrogen-bond acceptors (Lipinski definition) is 3. The molecule has 104 valence electrons. The molecule has 3 atom stereocenters. The monoisotopic (exact) mass is 272 g/mol. The second-order valence-electron chi connectivity index (χ2n) is 5.97. The molecule has 0 unspecified atom stereocenters. The van der Waals surface area contributed by atoms with Crippen LogP contribution < -0.4 is 5.32 Å². The van der Waals surface area contributed by atoms with E-state index in [-0.39, 0.29) is 11.9 Å². The van der Waals surface area contributed by atoms with Gasteiger partial charge in [0.2, 0.25) is 5.91 Å². The van der Waals surface area contributed by atoms with Crippen molar-refractivity contribution >= 4 is 17.6 Å². The molecular formula is C15H16N2O3. The summed E-state index contributed by atoms with van der Waals surface area (Å²) in [6, 6.07) is 7.48. The Morgan fingerprint density at radius 1 is 1.40 bits per heavy atom. The summed E-state index contributed by atoms with van der Waals surface area (Å²) in [4.78, 5) is 26.6. The zero-order valence-corrected chi connectivity index (χ0v) is 11.0. The van der Waals surface area contributed by atoms with Crippen molar-refractivity contribution in [2.45, 2.75) is 24.3 Å². The number of benzene rings is 1. The summed E-state index contributed by atoms with van der Waals surface area (Å²) in [5.74, 6) is -1.65. The quantitative estimate of drug-likeness (QED) is 0.802. The average Bonchev–Trinajstić information content (AvgIpc) is 3.03. The van der Waals surface area contributed by atoms with E-state index in [2.05, 4.69) is 10.2 Å². The van der Waals surface area contributed by atoms with Crippen LogP contribution in [0.4, 0.5) is 5.69 Å². The van der Waals surface area contributed by atoms with Crippen molar-refractivity contribution < 1.29 is 14.7 Å². The van der Waals surface area contributed by atoms with Crippen molar-refractivity contribution in [2.75, 3.05) is 18.4 Å². The van der Waals surface area contributed by atoms with Crippen molar-refractivity contribution in [3.8, 4) is 0 Å². The topological polar surface area (TPSA) is 69.6 Å². The van der Waals surface area contributed by atoms with Gasteiger partial charge >= 0.3 is 5.97 Å². The first kappa shape index (κ1) is 11.9. The lowest BCUT2D eigenvalue weighted by atomic mass is 9.70. The number of hydrogen-bond donors (Lipinski definition) is 2. The molecule has 3 aliphatic heterocycles. The van der Waals surface area contributed by atoms with E-state index < -0.39 is 17.3 Å².